The molecule has 0 spiro atoms. The van der Waals surface area contributed by atoms with Gasteiger partial charge in [0.1, 0.15) is 26.1 Å². The Balaban J connectivity index is 1.55. The van der Waals surface area contributed by atoms with Gasteiger partial charge in [0.05, 0.1) is 0 Å². The molecule has 0 aliphatic rings. The highest BCUT2D eigenvalue weighted by molar-refractivity contribution is 5.91. The zero-order valence-electron chi connectivity index (χ0n) is 17.4. The first kappa shape index (κ1) is 21.1. The summed E-state index contributed by atoms with van der Waals surface area (Å²) < 4.78 is 17.3. The standard InChI is InChI=1S/C26H22N2O4/c29-26(32-18-22-14-8-3-9-15-22)23-24(30-16-20-10-4-1-5-11-20)25(28-19-27-23)31-17-21-12-6-2-7-13-21/h1-15,19H,16-18H2. The number of aromatic nitrogens is 2. The van der Waals surface area contributed by atoms with E-state index in [0.29, 0.717) is 0 Å². The van der Waals surface area contributed by atoms with Crippen molar-refractivity contribution in [2.45, 2.75) is 19.8 Å². The molecule has 0 amide bonds. The maximum Gasteiger partial charge on any atom is 0.361 e. The summed E-state index contributed by atoms with van der Waals surface area (Å²) in [5.41, 5.74) is 2.81. The number of hydrogen-bond donors (Lipinski definition) is 0. The molecule has 0 saturated carbocycles. The summed E-state index contributed by atoms with van der Waals surface area (Å²) in [5, 5.41) is 0. The lowest BCUT2D eigenvalue weighted by molar-refractivity contribution is 0.0458. The first-order valence-corrected chi connectivity index (χ1v) is 10.2. The topological polar surface area (TPSA) is 70.5 Å². The monoisotopic (exact) mass is 426 g/mol. The van der Waals surface area contributed by atoms with Crippen LogP contribution >= 0.6 is 0 Å². The van der Waals surface area contributed by atoms with Crippen LogP contribution in [0.3, 0.4) is 0 Å². The van der Waals surface area contributed by atoms with Gasteiger partial charge in [-0.25, -0.2) is 9.78 Å². The molecule has 0 aliphatic carbocycles. The summed E-state index contributed by atoms with van der Waals surface area (Å²) >= 11 is 0. The smallest absolute Gasteiger partial charge is 0.361 e. The molecule has 1 aromatic heterocycles. The number of esters is 1. The van der Waals surface area contributed by atoms with Crippen molar-refractivity contribution >= 4 is 5.97 Å². The Bertz CT molecular complexity index is 1140. The van der Waals surface area contributed by atoms with Gasteiger partial charge in [0.15, 0.2) is 5.69 Å². The second-order valence-corrected chi connectivity index (χ2v) is 6.97. The minimum absolute atomic E-state index is 0.0231. The van der Waals surface area contributed by atoms with Crippen molar-refractivity contribution in [2.75, 3.05) is 0 Å². The summed E-state index contributed by atoms with van der Waals surface area (Å²) in [6, 6.07) is 28.8. The molecule has 0 atom stereocenters. The van der Waals surface area contributed by atoms with E-state index < -0.39 is 5.97 Å². The molecule has 0 unspecified atom stereocenters. The van der Waals surface area contributed by atoms with Crippen molar-refractivity contribution < 1.29 is 19.0 Å². The van der Waals surface area contributed by atoms with Crippen molar-refractivity contribution in [3.8, 4) is 11.6 Å². The van der Waals surface area contributed by atoms with Gasteiger partial charge in [0.25, 0.3) is 5.88 Å². The number of ether oxygens (including phenoxy) is 3. The lowest BCUT2D eigenvalue weighted by Gasteiger charge is -2.14. The van der Waals surface area contributed by atoms with E-state index in [1.807, 2.05) is 91.0 Å². The average molecular weight is 426 g/mol. The minimum Gasteiger partial charge on any atom is -0.481 e. The molecular weight excluding hydrogens is 404 g/mol. The van der Waals surface area contributed by atoms with E-state index in [1.54, 1.807) is 0 Å². The number of carbonyl (C=O) groups is 1. The second-order valence-electron chi connectivity index (χ2n) is 6.97. The van der Waals surface area contributed by atoms with Gasteiger partial charge >= 0.3 is 5.97 Å². The summed E-state index contributed by atoms with van der Waals surface area (Å²) in [6.07, 6.45) is 1.27. The molecule has 0 aliphatic heterocycles. The van der Waals surface area contributed by atoms with Crippen LogP contribution in [0.4, 0.5) is 0 Å². The molecule has 0 bridgehead atoms. The quantitative estimate of drug-likeness (QED) is 0.351. The molecule has 4 aromatic rings. The molecule has 4 rings (SSSR count). The molecule has 0 fully saturated rings. The second kappa shape index (κ2) is 10.7. The zero-order valence-corrected chi connectivity index (χ0v) is 17.4. The van der Waals surface area contributed by atoms with Crippen LogP contribution in [-0.2, 0) is 24.6 Å². The van der Waals surface area contributed by atoms with E-state index in [9.17, 15) is 4.79 Å². The van der Waals surface area contributed by atoms with Gasteiger partial charge in [-0.1, -0.05) is 91.0 Å². The third kappa shape index (κ3) is 5.70. The van der Waals surface area contributed by atoms with Crippen LogP contribution in [0.15, 0.2) is 97.3 Å². The van der Waals surface area contributed by atoms with Crippen LogP contribution in [-0.4, -0.2) is 15.9 Å². The highest BCUT2D eigenvalue weighted by Crippen LogP contribution is 2.30. The molecular formula is C26H22N2O4. The van der Waals surface area contributed by atoms with Gasteiger partial charge < -0.3 is 14.2 Å². The van der Waals surface area contributed by atoms with E-state index in [0.717, 1.165) is 16.7 Å². The molecule has 0 saturated heterocycles. The van der Waals surface area contributed by atoms with Crippen LogP contribution in [0, 0.1) is 0 Å². The van der Waals surface area contributed by atoms with Crippen LogP contribution in [0.25, 0.3) is 0 Å². The van der Waals surface area contributed by atoms with Gasteiger partial charge in [-0.2, -0.15) is 4.98 Å². The fraction of sp³-hybridized carbons (Fsp3) is 0.115. The maximum absolute atomic E-state index is 12.8. The summed E-state index contributed by atoms with van der Waals surface area (Å²) in [5.74, 6) is -0.263. The maximum atomic E-state index is 12.8. The van der Waals surface area contributed by atoms with Gasteiger partial charge in [0.2, 0.25) is 5.75 Å². The fourth-order valence-corrected chi connectivity index (χ4v) is 2.98. The first-order valence-electron chi connectivity index (χ1n) is 10.2. The molecule has 32 heavy (non-hydrogen) atoms. The van der Waals surface area contributed by atoms with Crippen LogP contribution in [0.5, 0.6) is 11.6 Å². The lowest BCUT2D eigenvalue weighted by atomic mass is 10.2. The molecule has 3 aromatic carbocycles. The van der Waals surface area contributed by atoms with E-state index in [1.165, 1.54) is 6.33 Å². The predicted molar refractivity (Wildman–Crippen MR) is 119 cm³/mol. The van der Waals surface area contributed by atoms with Crippen molar-refractivity contribution in [1.82, 2.24) is 9.97 Å². The molecule has 6 nitrogen and oxygen atoms in total. The molecule has 6 heteroatoms. The predicted octanol–water partition coefficient (Wildman–Crippen LogP) is 4.99. The zero-order chi connectivity index (χ0) is 22.0. The number of hydrogen-bond acceptors (Lipinski definition) is 6. The van der Waals surface area contributed by atoms with E-state index in [-0.39, 0.29) is 37.1 Å². The summed E-state index contributed by atoms with van der Waals surface area (Å²) in [4.78, 5) is 21.2. The van der Waals surface area contributed by atoms with Crippen molar-refractivity contribution in [3.63, 3.8) is 0 Å². The van der Waals surface area contributed by atoms with Gasteiger partial charge in [0, 0.05) is 0 Å². The number of rotatable bonds is 9. The van der Waals surface area contributed by atoms with Crippen LogP contribution < -0.4 is 9.47 Å². The Morgan fingerprint density at radius 3 is 1.69 bits per heavy atom. The van der Waals surface area contributed by atoms with E-state index in [4.69, 9.17) is 14.2 Å². The Labute approximate surface area is 186 Å². The summed E-state index contributed by atoms with van der Waals surface area (Å²) in [7, 11) is 0. The van der Waals surface area contributed by atoms with Gasteiger partial charge in [-0.05, 0) is 16.7 Å². The molecule has 0 radical (unpaired) electrons. The summed E-state index contributed by atoms with van der Waals surface area (Å²) in [6.45, 7) is 0.634. The SMILES string of the molecule is O=C(OCc1ccccc1)c1ncnc(OCc2ccccc2)c1OCc1ccccc1. The fourth-order valence-electron chi connectivity index (χ4n) is 2.98. The molecule has 1 heterocycles. The van der Waals surface area contributed by atoms with E-state index >= 15 is 0 Å². The Morgan fingerprint density at radius 1 is 0.625 bits per heavy atom. The largest absolute Gasteiger partial charge is 0.481 e. The highest BCUT2D eigenvalue weighted by atomic mass is 16.5. The highest BCUT2D eigenvalue weighted by Gasteiger charge is 2.22. The van der Waals surface area contributed by atoms with Crippen LogP contribution in [0.2, 0.25) is 0 Å². The molecule has 160 valence electrons. The van der Waals surface area contributed by atoms with E-state index in [2.05, 4.69) is 9.97 Å². The minimum atomic E-state index is -0.608. The Morgan fingerprint density at radius 2 is 1.12 bits per heavy atom. The normalized spacial score (nSPS) is 10.4. The average Bonchev–Trinajstić information content (AvgIpc) is 2.86. The number of benzene rings is 3. The number of carbonyl (C=O) groups excluding carboxylic acids is 1. The van der Waals surface area contributed by atoms with Crippen molar-refractivity contribution in [1.29, 1.82) is 0 Å². The third-order valence-electron chi connectivity index (χ3n) is 4.62. The number of nitrogens with zero attached hydrogens (tertiary/aromatic N) is 2. The van der Waals surface area contributed by atoms with Crippen molar-refractivity contribution in [2.24, 2.45) is 0 Å². The Kier molecular flexibility index (Phi) is 7.06. The third-order valence-corrected chi connectivity index (χ3v) is 4.62. The van der Waals surface area contributed by atoms with Crippen LogP contribution in [0.1, 0.15) is 27.2 Å². The lowest BCUT2D eigenvalue weighted by Crippen LogP contribution is -2.13. The molecule has 0 N–H and O–H groups in total. The van der Waals surface area contributed by atoms with Crippen molar-refractivity contribution in [3.05, 3.63) is 120 Å². The Hall–Kier alpha value is -4.19. The first-order chi connectivity index (χ1) is 15.8. The van der Waals surface area contributed by atoms with Gasteiger partial charge in [-0.3, -0.25) is 0 Å². The van der Waals surface area contributed by atoms with Gasteiger partial charge in [-0.15, -0.1) is 0 Å².